The number of hydrogen-bond donors (Lipinski definition) is 1. The first kappa shape index (κ1) is 12.6. The Labute approximate surface area is 105 Å². The molecule has 0 bridgehead atoms. The number of rotatable bonds is 5. The highest BCUT2D eigenvalue weighted by Crippen LogP contribution is 2.29. The molecule has 0 radical (unpaired) electrons. The Balaban J connectivity index is 2.04. The van der Waals surface area contributed by atoms with E-state index in [0.29, 0.717) is 11.7 Å². The summed E-state index contributed by atoms with van der Waals surface area (Å²) < 4.78 is 10.4. The third-order valence-corrected chi connectivity index (χ3v) is 3.00. The summed E-state index contributed by atoms with van der Waals surface area (Å²) in [6, 6.07) is 4.57. The lowest BCUT2D eigenvalue weighted by Gasteiger charge is -2.13. The van der Waals surface area contributed by atoms with Crippen molar-refractivity contribution >= 4 is 11.4 Å². The highest BCUT2D eigenvalue weighted by Gasteiger charge is 2.17. The predicted molar refractivity (Wildman–Crippen MR) is 67.1 cm³/mol. The number of nitrogens with one attached hydrogen (secondary N) is 1. The summed E-state index contributed by atoms with van der Waals surface area (Å²) in [6.07, 6.45) is 1.04. The van der Waals surface area contributed by atoms with Gasteiger partial charge in [-0.25, -0.2) is 0 Å². The van der Waals surface area contributed by atoms with E-state index in [1.807, 2.05) is 0 Å². The number of benzene rings is 1. The molecule has 1 N–H and O–H groups in total. The Morgan fingerprint density at radius 1 is 1.61 bits per heavy atom. The lowest BCUT2D eigenvalue weighted by atomic mass is 10.1. The second-order valence-electron chi connectivity index (χ2n) is 4.25. The van der Waals surface area contributed by atoms with Crippen LogP contribution < -0.4 is 10.1 Å². The van der Waals surface area contributed by atoms with E-state index in [0.717, 1.165) is 31.9 Å². The first-order chi connectivity index (χ1) is 8.70. The van der Waals surface area contributed by atoms with Gasteiger partial charge in [0.1, 0.15) is 5.75 Å². The van der Waals surface area contributed by atoms with Gasteiger partial charge in [0.2, 0.25) is 0 Å². The van der Waals surface area contributed by atoms with Crippen molar-refractivity contribution in [1.29, 1.82) is 0 Å². The maximum Gasteiger partial charge on any atom is 0.273 e. The molecular weight excluding hydrogens is 236 g/mol. The molecule has 1 unspecified atom stereocenters. The summed E-state index contributed by atoms with van der Waals surface area (Å²) >= 11 is 0. The first-order valence-electron chi connectivity index (χ1n) is 5.84. The maximum absolute atomic E-state index is 10.7. The van der Waals surface area contributed by atoms with E-state index >= 15 is 0 Å². The largest absolute Gasteiger partial charge is 0.494 e. The molecule has 1 atom stereocenters. The van der Waals surface area contributed by atoms with Crippen LogP contribution in [0, 0.1) is 16.0 Å². The fraction of sp³-hybridized carbons (Fsp3) is 0.500. The van der Waals surface area contributed by atoms with Crippen molar-refractivity contribution in [2.45, 2.75) is 6.42 Å². The second kappa shape index (κ2) is 5.68. The number of anilines is 1. The Kier molecular flexibility index (Phi) is 3.99. The Morgan fingerprint density at radius 3 is 3.06 bits per heavy atom. The Hall–Kier alpha value is -1.82. The number of nitrogens with zero attached hydrogens (tertiary/aromatic N) is 1. The van der Waals surface area contributed by atoms with Crippen LogP contribution in [0.25, 0.3) is 0 Å². The van der Waals surface area contributed by atoms with Crippen LogP contribution in [0.15, 0.2) is 18.2 Å². The van der Waals surface area contributed by atoms with Gasteiger partial charge >= 0.3 is 0 Å². The minimum Gasteiger partial charge on any atom is -0.494 e. The normalized spacial score (nSPS) is 18.6. The topological polar surface area (TPSA) is 73.6 Å². The summed E-state index contributed by atoms with van der Waals surface area (Å²) in [4.78, 5) is 10.2. The van der Waals surface area contributed by atoms with Crippen LogP contribution in [0.1, 0.15) is 6.42 Å². The van der Waals surface area contributed by atoms with E-state index in [-0.39, 0.29) is 5.69 Å². The zero-order valence-electron chi connectivity index (χ0n) is 10.2. The third-order valence-electron chi connectivity index (χ3n) is 3.00. The molecule has 0 amide bonds. The number of hydrogen-bond acceptors (Lipinski definition) is 5. The molecule has 6 nitrogen and oxygen atoms in total. The van der Waals surface area contributed by atoms with Gasteiger partial charge in [0.05, 0.1) is 30.4 Å². The first-order valence-corrected chi connectivity index (χ1v) is 5.84. The molecule has 1 aromatic rings. The Bertz CT molecular complexity index is 430. The zero-order chi connectivity index (χ0) is 13.0. The van der Waals surface area contributed by atoms with Crippen LogP contribution in [0.2, 0.25) is 0 Å². The van der Waals surface area contributed by atoms with E-state index in [1.165, 1.54) is 19.2 Å². The molecule has 1 saturated heterocycles. The van der Waals surface area contributed by atoms with Crippen molar-refractivity contribution in [3.63, 3.8) is 0 Å². The standard InChI is InChI=1S/C12H16N2O4/c1-17-12-6-10(14(15)16)2-3-11(12)13-7-9-4-5-18-8-9/h2-3,6,9,13H,4-5,7-8H2,1H3. The van der Waals surface area contributed by atoms with Crippen LogP contribution in [0.4, 0.5) is 11.4 Å². The van der Waals surface area contributed by atoms with Gasteiger partial charge in [0.15, 0.2) is 0 Å². The number of methoxy groups -OCH3 is 1. The molecule has 1 aromatic carbocycles. The van der Waals surface area contributed by atoms with Crippen LogP contribution in [-0.2, 0) is 4.74 Å². The smallest absolute Gasteiger partial charge is 0.273 e. The van der Waals surface area contributed by atoms with Crippen molar-refractivity contribution in [3.05, 3.63) is 28.3 Å². The molecule has 6 heteroatoms. The van der Waals surface area contributed by atoms with E-state index in [2.05, 4.69) is 5.32 Å². The molecule has 0 aromatic heterocycles. The Morgan fingerprint density at radius 2 is 2.44 bits per heavy atom. The van der Waals surface area contributed by atoms with Crippen LogP contribution in [0.3, 0.4) is 0 Å². The molecule has 2 rings (SSSR count). The molecule has 98 valence electrons. The van der Waals surface area contributed by atoms with Gasteiger partial charge in [-0.15, -0.1) is 0 Å². The summed E-state index contributed by atoms with van der Waals surface area (Å²) in [6.45, 7) is 2.36. The van der Waals surface area contributed by atoms with Gasteiger partial charge in [0.25, 0.3) is 5.69 Å². The number of non-ortho nitro benzene ring substituents is 1. The lowest BCUT2D eigenvalue weighted by Crippen LogP contribution is -2.14. The van der Waals surface area contributed by atoms with Crippen LogP contribution >= 0.6 is 0 Å². The molecule has 1 aliphatic heterocycles. The van der Waals surface area contributed by atoms with Gasteiger partial charge in [0, 0.05) is 25.1 Å². The average Bonchev–Trinajstić information content (AvgIpc) is 2.89. The minimum absolute atomic E-state index is 0.0293. The monoisotopic (exact) mass is 252 g/mol. The van der Waals surface area contributed by atoms with E-state index in [4.69, 9.17) is 9.47 Å². The van der Waals surface area contributed by atoms with Gasteiger partial charge in [-0.05, 0) is 12.5 Å². The lowest BCUT2D eigenvalue weighted by molar-refractivity contribution is -0.384. The van der Waals surface area contributed by atoms with Crippen LogP contribution in [0.5, 0.6) is 5.75 Å². The quantitative estimate of drug-likeness (QED) is 0.641. The van der Waals surface area contributed by atoms with Crippen molar-refractivity contribution in [3.8, 4) is 5.75 Å². The molecule has 0 saturated carbocycles. The SMILES string of the molecule is COc1cc([N+](=O)[O-])ccc1NCC1CCOC1. The molecule has 18 heavy (non-hydrogen) atoms. The predicted octanol–water partition coefficient (Wildman–Crippen LogP) is 2.05. The van der Waals surface area contributed by atoms with Gasteiger partial charge in [-0.2, -0.15) is 0 Å². The molecule has 1 fully saturated rings. The van der Waals surface area contributed by atoms with Gasteiger partial charge in [-0.3, -0.25) is 10.1 Å². The number of ether oxygens (including phenoxy) is 2. The maximum atomic E-state index is 10.7. The van der Waals surface area contributed by atoms with Crippen molar-refractivity contribution in [2.24, 2.45) is 5.92 Å². The average molecular weight is 252 g/mol. The zero-order valence-corrected chi connectivity index (χ0v) is 10.2. The van der Waals surface area contributed by atoms with E-state index < -0.39 is 4.92 Å². The minimum atomic E-state index is -0.433. The van der Waals surface area contributed by atoms with Crippen LogP contribution in [-0.4, -0.2) is 31.8 Å². The van der Waals surface area contributed by atoms with E-state index in [1.54, 1.807) is 6.07 Å². The highest BCUT2D eigenvalue weighted by atomic mass is 16.6. The highest BCUT2D eigenvalue weighted by molar-refractivity contribution is 5.60. The van der Waals surface area contributed by atoms with Crippen molar-refractivity contribution in [2.75, 3.05) is 32.2 Å². The molecule has 1 heterocycles. The van der Waals surface area contributed by atoms with Crippen molar-refractivity contribution in [1.82, 2.24) is 0 Å². The van der Waals surface area contributed by atoms with Gasteiger partial charge in [-0.1, -0.05) is 0 Å². The molecule has 1 aliphatic rings. The second-order valence-corrected chi connectivity index (χ2v) is 4.25. The molecule has 0 aliphatic carbocycles. The van der Waals surface area contributed by atoms with Gasteiger partial charge < -0.3 is 14.8 Å². The summed E-state index contributed by atoms with van der Waals surface area (Å²) in [7, 11) is 1.50. The summed E-state index contributed by atoms with van der Waals surface area (Å²) in [5, 5.41) is 13.9. The van der Waals surface area contributed by atoms with Crippen molar-refractivity contribution < 1.29 is 14.4 Å². The number of nitro benzene ring substituents is 1. The fourth-order valence-electron chi connectivity index (χ4n) is 1.94. The summed E-state index contributed by atoms with van der Waals surface area (Å²) in [5.74, 6) is 0.980. The third kappa shape index (κ3) is 2.89. The fourth-order valence-corrected chi connectivity index (χ4v) is 1.94. The summed E-state index contributed by atoms with van der Waals surface area (Å²) in [5.41, 5.74) is 0.802. The number of nitro groups is 1. The molecular formula is C12H16N2O4. The molecule has 0 spiro atoms. The van der Waals surface area contributed by atoms with E-state index in [9.17, 15) is 10.1 Å².